The van der Waals surface area contributed by atoms with E-state index < -0.39 is 10.0 Å². The van der Waals surface area contributed by atoms with Gasteiger partial charge in [-0.1, -0.05) is 32.9 Å². The first-order valence-corrected chi connectivity index (χ1v) is 7.99. The zero-order valence-electron chi connectivity index (χ0n) is 12.0. The van der Waals surface area contributed by atoms with Crippen LogP contribution < -0.4 is 9.88 Å². The van der Waals surface area contributed by atoms with Gasteiger partial charge < -0.3 is 4.74 Å². The molecule has 1 aromatic carbocycles. The molecular formula is C14H23NO3S. The maximum Gasteiger partial charge on any atom is 0.209 e. The standard InChI is InChI=1S/C14H23NO3S/c1-11-6-5-7-13(8-11)18-9-12(14(2,3)4)10-19(15,16)17/h5-8,12H,9-10H2,1-4H3,(H2,15,16,17). The highest BCUT2D eigenvalue weighted by atomic mass is 32.2. The Morgan fingerprint density at radius 3 is 2.42 bits per heavy atom. The Morgan fingerprint density at radius 2 is 1.95 bits per heavy atom. The molecular weight excluding hydrogens is 262 g/mol. The van der Waals surface area contributed by atoms with Crippen LogP contribution in [0, 0.1) is 18.3 Å². The molecule has 0 radical (unpaired) electrons. The molecule has 19 heavy (non-hydrogen) atoms. The monoisotopic (exact) mass is 285 g/mol. The van der Waals surface area contributed by atoms with Crippen molar-refractivity contribution in [3.05, 3.63) is 29.8 Å². The van der Waals surface area contributed by atoms with Gasteiger partial charge in [0.1, 0.15) is 5.75 Å². The molecule has 108 valence electrons. The number of nitrogens with two attached hydrogens (primary N) is 1. The Bertz CT molecular complexity index is 518. The van der Waals surface area contributed by atoms with E-state index >= 15 is 0 Å². The Labute approximate surface area is 116 Å². The molecule has 0 bridgehead atoms. The molecule has 1 rings (SSSR count). The predicted octanol–water partition coefficient (Wildman–Crippen LogP) is 2.32. The lowest BCUT2D eigenvalue weighted by molar-refractivity contribution is 0.163. The number of benzene rings is 1. The summed E-state index contributed by atoms with van der Waals surface area (Å²) in [6, 6.07) is 7.69. The highest BCUT2D eigenvalue weighted by molar-refractivity contribution is 7.89. The summed E-state index contributed by atoms with van der Waals surface area (Å²) >= 11 is 0. The zero-order chi connectivity index (χ0) is 14.7. The lowest BCUT2D eigenvalue weighted by atomic mass is 9.82. The number of sulfonamides is 1. The van der Waals surface area contributed by atoms with Crippen LogP contribution >= 0.6 is 0 Å². The molecule has 4 nitrogen and oxygen atoms in total. The highest BCUT2D eigenvalue weighted by Crippen LogP contribution is 2.28. The second kappa shape index (κ2) is 5.92. The maximum atomic E-state index is 11.3. The summed E-state index contributed by atoms with van der Waals surface area (Å²) in [4.78, 5) is 0. The minimum Gasteiger partial charge on any atom is -0.493 e. The first kappa shape index (κ1) is 16.0. The zero-order valence-corrected chi connectivity index (χ0v) is 12.8. The second-order valence-electron chi connectivity index (χ2n) is 6.02. The van der Waals surface area contributed by atoms with Gasteiger partial charge in [-0.05, 0) is 30.0 Å². The Balaban J connectivity index is 2.74. The first-order chi connectivity index (χ1) is 8.58. The van der Waals surface area contributed by atoms with Gasteiger partial charge in [-0.15, -0.1) is 0 Å². The summed E-state index contributed by atoms with van der Waals surface area (Å²) in [7, 11) is -3.50. The van der Waals surface area contributed by atoms with Gasteiger partial charge in [0.05, 0.1) is 12.4 Å². The van der Waals surface area contributed by atoms with Crippen LogP contribution in [0.2, 0.25) is 0 Å². The largest absolute Gasteiger partial charge is 0.493 e. The van der Waals surface area contributed by atoms with Crippen molar-refractivity contribution in [1.82, 2.24) is 0 Å². The number of hydrogen-bond donors (Lipinski definition) is 1. The SMILES string of the molecule is Cc1cccc(OCC(CS(N)(=O)=O)C(C)(C)C)c1. The fraction of sp³-hybridized carbons (Fsp3) is 0.571. The van der Waals surface area contributed by atoms with Gasteiger partial charge in [0.2, 0.25) is 10.0 Å². The quantitative estimate of drug-likeness (QED) is 0.902. The van der Waals surface area contributed by atoms with Crippen molar-refractivity contribution in [2.45, 2.75) is 27.7 Å². The number of hydrogen-bond acceptors (Lipinski definition) is 3. The van der Waals surface area contributed by atoms with E-state index in [4.69, 9.17) is 9.88 Å². The second-order valence-corrected chi connectivity index (χ2v) is 7.68. The van der Waals surface area contributed by atoms with Gasteiger partial charge in [-0.3, -0.25) is 0 Å². The summed E-state index contributed by atoms with van der Waals surface area (Å²) in [5.74, 6) is 0.536. The Morgan fingerprint density at radius 1 is 1.32 bits per heavy atom. The van der Waals surface area contributed by atoms with Crippen molar-refractivity contribution in [1.29, 1.82) is 0 Å². The van der Waals surface area contributed by atoms with E-state index in [1.165, 1.54) is 0 Å². The minimum absolute atomic E-state index is 0.0671. The average molecular weight is 285 g/mol. The van der Waals surface area contributed by atoms with Crippen LogP contribution in [0.1, 0.15) is 26.3 Å². The van der Waals surface area contributed by atoms with E-state index in [1.807, 2.05) is 52.0 Å². The molecule has 5 heteroatoms. The van der Waals surface area contributed by atoms with Crippen LogP contribution in [0.5, 0.6) is 5.75 Å². The molecule has 0 heterocycles. The van der Waals surface area contributed by atoms with Crippen LogP contribution in [-0.2, 0) is 10.0 Å². The lowest BCUT2D eigenvalue weighted by Crippen LogP contribution is -2.35. The van der Waals surface area contributed by atoms with Crippen molar-refractivity contribution in [2.75, 3.05) is 12.4 Å². The Hall–Kier alpha value is -1.07. The molecule has 0 fully saturated rings. The van der Waals surface area contributed by atoms with Crippen LogP contribution in [-0.4, -0.2) is 20.8 Å². The third kappa shape index (κ3) is 6.07. The molecule has 0 spiro atoms. The van der Waals surface area contributed by atoms with Crippen molar-refractivity contribution in [3.8, 4) is 5.75 Å². The average Bonchev–Trinajstić information content (AvgIpc) is 2.21. The van der Waals surface area contributed by atoms with Crippen LogP contribution in [0.4, 0.5) is 0 Å². The van der Waals surface area contributed by atoms with E-state index in [0.717, 1.165) is 11.3 Å². The van der Waals surface area contributed by atoms with E-state index in [0.29, 0.717) is 6.61 Å². The van der Waals surface area contributed by atoms with Gasteiger partial charge in [0.15, 0.2) is 0 Å². The van der Waals surface area contributed by atoms with Crippen molar-refractivity contribution in [2.24, 2.45) is 16.5 Å². The van der Waals surface area contributed by atoms with Crippen molar-refractivity contribution >= 4 is 10.0 Å². The molecule has 0 aromatic heterocycles. The van der Waals surface area contributed by atoms with Crippen LogP contribution in [0.3, 0.4) is 0 Å². The number of ether oxygens (including phenoxy) is 1. The van der Waals surface area contributed by atoms with E-state index in [-0.39, 0.29) is 17.1 Å². The molecule has 0 aliphatic carbocycles. The summed E-state index contributed by atoms with van der Waals surface area (Å²) in [6.07, 6.45) is 0. The summed E-state index contributed by atoms with van der Waals surface area (Å²) in [5.41, 5.74) is 0.923. The predicted molar refractivity (Wildman–Crippen MR) is 77.6 cm³/mol. The molecule has 1 unspecified atom stereocenters. The summed E-state index contributed by atoms with van der Waals surface area (Å²) < 4.78 is 28.3. The third-order valence-electron chi connectivity index (χ3n) is 3.10. The smallest absolute Gasteiger partial charge is 0.209 e. The summed E-state index contributed by atoms with van der Waals surface area (Å²) in [6.45, 7) is 8.29. The molecule has 0 saturated heterocycles. The molecule has 0 amide bonds. The van der Waals surface area contributed by atoms with E-state index in [1.54, 1.807) is 0 Å². The van der Waals surface area contributed by atoms with Gasteiger partial charge in [0, 0.05) is 5.92 Å². The number of rotatable bonds is 5. The first-order valence-electron chi connectivity index (χ1n) is 6.28. The third-order valence-corrected chi connectivity index (χ3v) is 3.97. The van der Waals surface area contributed by atoms with Crippen LogP contribution in [0.25, 0.3) is 0 Å². The molecule has 0 aliphatic heterocycles. The van der Waals surface area contributed by atoms with Crippen molar-refractivity contribution < 1.29 is 13.2 Å². The minimum atomic E-state index is -3.50. The number of aryl methyl sites for hydroxylation is 1. The number of primary sulfonamides is 1. The van der Waals surface area contributed by atoms with E-state index in [2.05, 4.69) is 0 Å². The van der Waals surface area contributed by atoms with Crippen LogP contribution in [0.15, 0.2) is 24.3 Å². The van der Waals surface area contributed by atoms with E-state index in [9.17, 15) is 8.42 Å². The molecule has 0 aliphatic rings. The van der Waals surface area contributed by atoms with Gasteiger partial charge in [-0.2, -0.15) is 0 Å². The van der Waals surface area contributed by atoms with Gasteiger partial charge in [0.25, 0.3) is 0 Å². The normalized spacial score (nSPS) is 14.2. The Kier molecular flexibility index (Phi) is 4.98. The molecule has 2 N–H and O–H groups in total. The van der Waals surface area contributed by atoms with Gasteiger partial charge >= 0.3 is 0 Å². The lowest BCUT2D eigenvalue weighted by Gasteiger charge is -2.29. The molecule has 0 saturated carbocycles. The fourth-order valence-electron chi connectivity index (χ4n) is 1.73. The van der Waals surface area contributed by atoms with Crippen molar-refractivity contribution in [3.63, 3.8) is 0 Å². The molecule has 1 atom stereocenters. The topological polar surface area (TPSA) is 69.4 Å². The summed E-state index contributed by atoms with van der Waals surface area (Å²) in [5, 5.41) is 5.14. The fourth-order valence-corrected chi connectivity index (χ4v) is 2.89. The highest BCUT2D eigenvalue weighted by Gasteiger charge is 2.29. The van der Waals surface area contributed by atoms with Gasteiger partial charge in [-0.25, -0.2) is 13.6 Å². The molecule has 1 aromatic rings. The maximum absolute atomic E-state index is 11.3.